The molecule has 2 N–H and O–H groups in total. The average molecular weight is 230 g/mol. The van der Waals surface area contributed by atoms with Gasteiger partial charge in [0.2, 0.25) is 0 Å². The van der Waals surface area contributed by atoms with Crippen molar-refractivity contribution in [3.05, 3.63) is 52.2 Å². The van der Waals surface area contributed by atoms with Crippen LogP contribution in [0.25, 0.3) is 11.1 Å². The Bertz CT molecular complexity index is 614. The maximum atomic E-state index is 11.0. The van der Waals surface area contributed by atoms with Crippen molar-refractivity contribution >= 4 is 5.97 Å². The molecule has 1 aromatic carbocycles. The van der Waals surface area contributed by atoms with E-state index in [0.717, 1.165) is 11.1 Å². The molecule has 2 aromatic rings. The lowest BCUT2D eigenvalue weighted by Crippen LogP contribution is -2.11. The third-order valence-corrected chi connectivity index (χ3v) is 2.45. The van der Waals surface area contributed by atoms with Crippen LogP contribution < -0.4 is 5.69 Å². The Balaban J connectivity index is 2.46. The van der Waals surface area contributed by atoms with Crippen LogP contribution in [0.1, 0.15) is 16.1 Å². The molecule has 0 saturated heterocycles. The molecule has 0 bridgehead atoms. The summed E-state index contributed by atoms with van der Waals surface area (Å²) in [5, 5.41) is 8.78. The number of nitrogens with one attached hydrogen (secondary N) is 1. The summed E-state index contributed by atoms with van der Waals surface area (Å²) in [5.74, 6) is -0.965. The molecule has 0 aliphatic carbocycles. The molecule has 0 radical (unpaired) electrons. The van der Waals surface area contributed by atoms with Gasteiger partial charge < -0.3 is 10.1 Å². The molecule has 0 aliphatic rings. The molecule has 86 valence electrons. The second-order valence-corrected chi connectivity index (χ2v) is 3.61. The first-order chi connectivity index (χ1) is 8.08. The predicted molar refractivity (Wildman–Crippen MR) is 62.0 cm³/mol. The van der Waals surface area contributed by atoms with Crippen molar-refractivity contribution in [1.82, 2.24) is 9.97 Å². The number of aryl methyl sites for hydroxylation is 1. The Morgan fingerprint density at radius 3 is 2.47 bits per heavy atom. The van der Waals surface area contributed by atoms with Crippen LogP contribution in [0.15, 0.2) is 35.3 Å². The number of aromatic amines is 1. The van der Waals surface area contributed by atoms with Crippen molar-refractivity contribution in [2.75, 3.05) is 0 Å². The molecular weight excluding hydrogens is 220 g/mol. The SMILES string of the molecule is Cc1[nH]c(=O)ncc1-c1ccc(C(=O)O)cc1. The van der Waals surface area contributed by atoms with Crippen LogP contribution in [-0.2, 0) is 0 Å². The first-order valence-corrected chi connectivity index (χ1v) is 4.97. The highest BCUT2D eigenvalue weighted by atomic mass is 16.4. The molecule has 0 fully saturated rings. The van der Waals surface area contributed by atoms with Gasteiger partial charge in [-0.25, -0.2) is 14.6 Å². The summed E-state index contributed by atoms with van der Waals surface area (Å²) < 4.78 is 0. The Morgan fingerprint density at radius 1 is 1.29 bits per heavy atom. The zero-order valence-corrected chi connectivity index (χ0v) is 9.10. The number of aromatic nitrogens is 2. The third kappa shape index (κ3) is 2.23. The molecule has 2 rings (SSSR count). The van der Waals surface area contributed by atoms with E-state index in [1.54, 1.807) is 19.1 Å². The fourth-order valence-electron chi connectivity index (χ4n) is 1.56. The number of hydrogen-bond donors (Lipinski definition) is 2. The van der Waals surface area contributed by atoms with Crippen LogP contribution in [0.3, 0.4) is 0 Å². The van der Waals surface area contributed by atoms with Gasteiger partial charge in [0, 0.05) is 17.5 Å². The molecule has 0 spiro atoms. The molecule has 0 atom stereocenters. The first-order valence-electron chi connectivity index (χ1n) is 4.97. The summed E-state index contributed by atoms with van der Waals surface area (Å²) in [6.45, 7) is 1.77. The molecule has 5 heteroatoms. The normalized spacial score (nSPS) is 10.2. The van der Waals surface area contributed by atoms with E-state index in [0.29, 0.717) is 5.69 Å². The van der Waals surface area contributed by atoms with Crippen molar-refractivity contribution in [3.8, 4) is 11.1 Å². The van der Waals surface area contributed by atoms with Crippen molar-refractivity contribution < 1.29 is 9.90 Å². The number of nitrogens with zero attached hydrogens (tertiary/aromatic N) is 1. The number of hydrogen-bond acceptors (Lipinski definition) is 3. The van der Waals surface area contributed by atoms with Gasteiger partial charge in [-0.2, -0.15) is 0 Å². The van der Waals surface area contributed by atoms with E-state index < -0.39 is 11.7 Å². The van der Waals surface area contributed by atoms with E-state index in [1.807, 2.05) is 0 Å². The van der Waals surface area contributed by atoms with Crippen LogP contribution in [0.2, 0.25) is 0 Å². The van der Waals surface area contributed by atoms with Gasteiger partial charge in [0.1, 0.15) is 0 Å². The minimum Gasteiger partial charge on any atom is -0.478 e. The monoisotopic (exact) mass is 230 g/mol. The van der Waals surface area contributed by atoms with Crippen molar-refractivity contribution in [3.63, 3.8) is 0 Å². The fraction of sp³-hybridized carbons (Fsp3) is 0.0833. The lowest BCUT2D eigenvalue weighted by Gasteiger charge is -2.04. The third-order valence-electron chi connectivity index (χ3n) is 2.45. The van der Waals surface area contributed by atoms with Crippen LogP contribution in [0, 0.1) is 6.92 Å². The molecule has 5 nitrogen and oxygen atoms in total. The number of rotatable bonds is 2. The number of carboxylic acid groups (broad SMARTS) is 1. The summed E-state index contributed by atoms with van der Waals surface area (Å²) in [6.07, 6.45) is 1.48. The maximum Gasteiger partial charge on any atom is 0.345 e. The molecule has 17 heavy (non-hydrogen) atoms. The highest BCUT2D eigenvalue weighted by molar-refractivity contribution is 5.88. The quantitative estimate of drug-likeness (QED) is 0.817. The number of aromatic carboxylic acids is 1. The smallest absolute Gasteiger partial charge is 0.345 e. The maximum absolute atomic E-state index is 11.0. The van der Waals surface area contributed by atoms with Gasteiger partial charge in [-0.1, -0.05) is 12.1 Å². The molecule has 0 amide bonds. The zero-order valence-electron chi connectivity index (χ0n) is 9.10. The first kappa shape index (κ1) is 11.1. The number of benzene rings is 1. The van der Waals surface area contributed by atoms with Gasteiger partial charge in [0.15, 0.2) is 0 Å². The van der Waals surface area contributed by atoms with Gasteiger partial charge in [-0.15, -0.1) is 0 Å². The van der Waals surface area contributed by atoms with E-state index in [9.17, 15) is 9.59 Å². The Labute approximate surface area is 96.8 Å². The van der Waals surface area contributed by atoms with Crippen molar-refractivity contribution in [2.24, 2.45) is 0 Å². The predicted octanol–water partition coefficient (Wildman–Crippen LogP) is 1.44. The second-order valence-electron chi connectivity index (χ2n) is 3.61. The molecule has 1 heterocycles. The number of carbonyl (C=O) groups is 1. The lowest BCUT2D eigenvalue weighted by atomic mass is 10.0. The van der Waals surface area contributed by atoms with Crippen LogP contribution in [0.5, 0.6) is 0 Å². The summed E-state index contributed by atoms with van der Waals surface area (Å²) >= 11 is 0. The zero-order chi connectivity index (χ0) is 12.4. The van der Waals surface area contributed by atoms with Gasteiger partial charge in [0.05, 0.1) is 5.56 Å². The average Bonchev–Trinajstić information content (AvgIpc) is 2.29. The summed E-state index contributed by atoms with van der Waals surface area (Å²) in [5.41, 5.74) is 2.13. The van der Waals surface area contributed by atoms with E-state index in [4.69, 9.17) is 5.11 Å². The Kier molecular flexibility index (Phi) is 2.74. The highest BCUT2D eigenvalue weighted by Gasteiger charge is 2.05. The van der Waals surface area contributed by atoms with Gasteiger partial charge in [-0.05, 0) is 24.6 Å². The molecule has 1 aromatic heterocycles. The largest absolute Gasteiger partial charge is 0.478 e. The fourth-order valence-corrected chi connectivity index (χ4v) is 1.56. The lowest BCUT2D eigenvalue weighted by molar-refractivity contribution is 0.0697. The Hall–Kier alpha value is -2.43. The topological polar surface area (TPSA) is 83.0 Å². The highest BCUT2D eigenvalue weighted by Crippen LogP contribution is 2.20. The van der Waals surface area contributed by atoms with Crippen molar-refractivity contribution in [2.45, 2.75) is 6.92 Å². The molecule has 0 aliphatic heterocycles. The standard InChI is InChI=1S/C12H10N2O3/c1-7-10(6-13-12(17)14-7)8-2-4-9(5-3-8)11(15)16/h2-6H,1H3,(H,15,16)(H,13,14,17). The molecule has 0 unspecified atom stereocenters. The van der Waals surface area contributed by atoms with E-state index in [1.165, 1.54) is 18.3 Å². The molecule has 0 saturated carbocycles. The van der Waals surface area contributed by atoms with E-state index in [2.05, 4.69) is 9.97 Å². The number of carboxylic acids is 1. The molecular formula is C12H10N2O3. The van der Waals surface area contributed by atoms with Crippen LogP contribution in [-0.4, -0.2) is 21.0 Å². The van der Waals surface area contributed by atoms with E-state index >= 15 is 0 Å². The number of H-pyrrole nitrogens is 1. The second kappa shape index (κ2) is 4.21. The van der Waals surface area contributed by atoms with E-state index in [-0.39, 0.29) is 5.56 Å². The summed E-state index contributed by atoms with van der Waals surface area (Å²) in [4.78, 5) is 27.9. The van der Waals surface area contributed by atoms with Crippen LogP contribution >= 0.6 is 0 Å². The van der Waals surface area contributed by atoms with Crippen molar-refractivity contribution in [1.29, 1.82) is 0 Å². The Morgan fingerprint density at radius 2 is 1.94 bits per heavy atom. The minimum atomic E-state index is -0.965. The van der Waals surface area contributed by atoms with Gasteiger partial charge in [-0.3, -0.25) is 0 Å². The van der Waals surface area contributed by atoms with Gasteiger partial charge in [0.25, 0.3) is 0 Å². The summed E-state index contributed by atoms with van der Waals surface area (Å²) in [7, 11) is 0. The minimum absolute atomic E-state index is 0.226. The summed E-state index contributed by atoms with van der Waals surface area (Å²) in [6, 6.07) is 6.40. The van der Waals surface area contributed by atoms with Crippen LogP contribution in [0.4, 0.5) is 0 Å². The van der Waals surface area contributed by atoms with Gasteiger partial charge >= 0.3 is 11.7 Å².